The molecule has 0 saturated heterocycles. The normalized spacial score (nSPS) is 11.5. The van der Waals surface area contributed by atoms with Gasteiger partial charge in [-0.1, -0.05) is 53.0 Å². The van der Waals surface area contributed by atoms with E-state index in [1.165, 1.54) is 25.7 Å². The van der Waals surface area contributed by atoms with E-state index in [4.69, 9.17) is 0 Å². The lowest BCUT2D eigenvalue weighted by molar-refractivity contribution is 0.422. The predicted molar refractivity (Wildman–Crippen MR) is 73.9 cm³/mol. The maximum absolute atomic E-state index is 4.53. The second-order valence-corrected chi connectivity index (χ2v) is 5.20. The number of hydrogen-bond donors (Lipinski definition) is 0. The molecule has 2 nitrogen and oxygen atoms in total. The Morgan fingerprint density at radius 2 is 2.06 bits per heavy atom. The molecule has 0 aromatic carbocycles. The lowest BCUT2D eigenvalue weighted by Gasteiger charge is -2.23. The Morgan fingerprint density at radius 3 is 2.71 bits per heavy atom. The van der Waals surface area contributed by atoms with Crippen molar-refractivity contribution in [2.24, 2.45) is 0 Å². The zero-order valence-corrected chi connectivity index (χ0v) is 11.4. The first-order chi connectivity index (χ1) is 8.10. The minimum Gasteiger partial charge on any atom is -0.241 e. The molecule has 0 fully saturated rings. The van der Waals surface area contributed by atoms with Crippen LogP contribution in [0, 0.1) is 0 Å². The Balaban J connectivity index is 2.64. The predicted octanol–water partition coefficient (Wildman–Crippen LogP) is 4.37. The van der Waals surface area contributed by atoms with Gasteiger partial charge in [0.1, 0.15) is 5.82 Å². The molecule has 1 rings (SSSR count). The van der Waals surface area contributed by atoms with E-state index in [0.717, 1.165) is 17.9 Å². The highest BCUT2D eigenvalue weighted by molar-refractivity contribution is 5.40. The number of aromatic nitrogens is 2. The first-order valence-corrected chi connectivity index (χ1v) is 6.56. The lowest BCUT2D eigenvalue weighted by atomic mass is 9.86. The third kappa shape index (κ3) is 4.29. The first kappa shape index (κ1) is 13.9. The van der Waals surface area contributed by atoms with Crippen molar-refractivity contribution in [2.45, 2.75) is 58.3 Å². The van der Waals surface area contributed by atoms with Gasteiger partial charge in [0, 0.05) is 11.6 Å². The van der Waals surface area contributed by atoms with Crippen molar-refractivity contribution >= 4 is 6.08 Å². The van der Waals surface area contributed by atoms with Crippen LogP contribution in [-0.4, -0.2) is 9.97 Å². The minimum atomic E-state index is 0.0623. The van der Waals surface area contributed by atoms with E-state index in [-0.39, 0.29) is 5.41 Å². The van der Waals surface area contributed by atoms with E-state index < -0.39 is 0 Å². The molecule has 0 spiro atoms. The third-order valence-corrected chi connectivity index (χ3v) is 3.15. The average Bonchev–Trinajstić information content (AvgIpc) is 2.35. The molecule has 0 radical (unpaired) electrons. The molecule has 0 aliphatic rings. The zero-order valence-electron chi connectivity index (χ0n) is 11.4. The molecular formula is C15H24N2. The van der Waals surface area contributed by atoms with E-state index in [9.17, 15) is 0 Å². The van der Waals surface area contributed by atoms with Crippen LogP contribution in [0.4, 0.5) is 0 Å². The van der Waals surface area contributed by atoms with Crippen molar-refractivity contribution in [3.8, 4) is 0 Å². The Morgan fingerprint density at radius 1 is 1.29 bits per heavy atom. The maximum Gasteiger partial charge on any atom is 0.134 e. The fourth-order valence-corrected chi connectivity index (χ4v) is 1.92. The SMILES string of the molecule is C=Cc1ccnc(C(C)(C)CCCCCC)n1. The summed E-state index contributed by atoms with van der Waals surface area (Å²) in [6.45, 7) is 10.4. The van der Waals surface area contributed by atoms with E-state index >= 15 is 0 Å². The summed E-state index contributed by atoms with van der Waals surface area (Å²) in [5.74, 6) is 0.936. The molecule has 0 bridgehead atoms. The largest absolute Gasteiger partial charge is 0.241 e. The molecule has 0 aliphatic heterocycles. The highest BCUT2D eigenvalue weighted by Crippen LogP contribution is 2.26. The summed E-state index contributed by atoms with van der Waals surface area (Å²) in [5, 5.41) is 0. The van der Waals surface area contributed by atoms with Gasteiger partial charge in [-0.3, -0.25) is 0 Å². The van der Waals surface area contributed by atoms with Crippen LogP contribution in [0.2, 0.25) is 0 Å². The van der Waals surface area contributed by atoms with Crippen LogP contribution in [0.15, 0.2) is 18.8 Å². The topological polar surface area (TPSA) is 25.8 Å². The van der Waals surface area contributed by atoms with Crippen molar-refractivity contribution in [3.63, 3.8) is 0 Å². The fraction of sp³-hybridized carbons (Fsp3) is 0.600. The number of unbranched alkanes of at least 4 members (excludes halogenated alkanes) is 3. The standard InChI is InChI=1S/C15H24N2/c1-5-7-8-9-11-15(3,4)14-16-12-10-13(6-2)17-14/h6,10,12H,2,5,7-9,11H2,1,3-4H3. The zero-order chi connectivity index (χ0) is 12.7. The summed E-state index contributed by atoms with van der Waals surface area (Å²) in [4.78, 5) is 8.93. The summed E-state index contributed by atoms with van der Waals surface area (Å²) >= 11 is 0. The van der Waals surface area contributed by atoms with E-state index in [0.29, 0.717) is 0 Å². The van der Waals surface area contributed by atoms with Crippen molar-refractivity contribution in [1.29, 1.82) is 0 Å². The maximum atomic E-state index is 4.53. The van der Waals surface area contributed by atoms with Crippen LogP contribution in [-0.2, 0) is 5.41 Å². The Hall–Kier alpha value is -1.18. The summed E-state index contributed by atoms with van der Waals surface area (Å²) in [6.07, 6.45) is 9.91. The minimum absolute atomic E-state index is 0.0623. The van der Waals surface area contributed by atoms with Gasteiger partial charge in [-0.15, -0.1) is 0 Å². The Kier molecular flexibility index (Phi) is 5.33. The molecule has 17 heavy (non-hydrogen) atoms. The van der Waals surface area contributed by atoms with Crippen LogP contribution in [0.1, 0.15) is 64.4 Å². The van der Waals surface area contributed by atoms with Gasteiger partial charge in [-0.25, -0.2) is 9.97 Å². The Bertz CT molecular complexity index is 356. The third-order valence-electron chi connectivity index (χ3n) is 3.15. The highest BCUT2D eigenvalue weighted by atomic mass is 14.9. The molecule has 2 heteroatoms. The first-order valence-electron chi connectivity index (χ1n) is 6.56. The quantitative estimate of drug-likeness (QED) is 0.652. The van der Waals surface area contributed by atoms with E-state index in [2.05, 4.69) is 37.3 Å². The van der Waals surface area contributed by atoms with Gasteiger partial charge in [-0.05, 0) is 18.6 Å². The van der Waals surface area contributed by atoms with Crippen molar-refractivity contribution in [3.05, 3.63) is 30.4 Å². The molecule has 1 aromatic heterocycles. The molecule has 94 valence electrons. The van der Waals surface area contributed by atoms with Crippen LogP contribution in [0.3, 0.4) is 0 Å². The van der Waals surface area contributed by atoms with Gasteiger partial charge in [0.05, 0.1) is 5.69 Å². The summed E-state index contributed by atoms with van der Waals surface area (Å²) in [6, 6.07) is 1.89. The van der Waals surface area contributed by atoms with Crippen LogP contribution >= 0.6 is 0 Å². The van der Waals surface area contributed by atoms with E-state index in [1.807, 2.05) is 12.3 Å². The molecule has 0 amide bonds. The second kappa shape index (κ2) is 6.53. The highest BCUT2D eigenvalue weighted by Gasteiger charge is 2.23. The summed E-state index contributed by atoms with van der Waals surface area (Å²) < 4.78 is 0. The molecule has 0 saturated carbocycles. The number of hydrogen-bond acceptors (Lipinski definition) is 2. The number of rotatable bonds is 7. The van der Waals surface area contributed by atoms with Crippen molar-refractivity contribution in [1.82, 2.24) is 9.97 Å². The molecule has 1 aromatic rings. The van der Waals surface area contributed by atoms with Crippen molar-refractivity contribution < 1.29 is 0 Å². The average molecular weight is 232 g/mol. The van der Waals surface area contributed by atoms with Crippen molar-refractivity contribution in [2.75, 3.05) is 0 Å². The van der Waals surface area contributed by atoms with Gasteiger partial charge in [-0.2, -0.15) is 0 Å². The summed E-state index contributed by atoms with van der Waals surface area (Å²) in [7, 11) is 0. The summed E-state index contributed by atoms with van der Waals surface area (Å²) in [5.41, 5.74) is 0.976. The van der Waals surface area contributed by atoms with Crippen LogP contribution in [0.5, 0.6) is 0 Å². The van der Waals surface area contributed by atoms with Crippen LogP contribution in [0.25, 0.3) is 6.08 Å². The molecule has 0 atom stereocenters. The molecule has 0 unspecified atom stereocenters. The van der Waals surface area contributed by atoms with Gasteiger partial charge in [0.15, 0.2) is 0 Å². The van der Waals surface area contributed by atoms with Crippen LogP contribution < -0.4 is 0 Å². The molecule has 0 N–H and O–H groups in total. The second-order valence-electron chi connectivity index (χ2n) is 5.20. The smallest absolute Gasteiger partial charge is 0.134 e. The lowest BCUT2D eigenvalue weighted by Crippen LogP contribution is -2.21. The monoisotopic (exact) mass is 232 g/mol. The van der Waals surface area contributed by atoms with Gasteiger partial charge in [0.2, 0.25) is 0 Å². The molecule has 1 heterocycles. The Labute approximate surface area is 105 Å². The van der Waals surface area contributed by atoms with Gasteiger partial charge in [0.25, 0.3) is 0 Å². The molecular weight excluding hydrogens is 208 g/mol. The molecule has 0 aliphatic carbocycles. The van der Waals surface area contributed by atoms with Gasteiger partial charge >= 0.3 is 0 Å². The van der Waals surface area contributed by atoms with Gasteiger partial charge < -0.3 is 0 Å². The number of nitrogens with zero attached hydrogens (tertiary/aromatic N) is 2. The fourth-order valence-electron chi connectivity index (χ4n) is 1.92. The van der Waals surface area contributed by atoms with E-state index in [1.54, 1.807) is 6.08 Å².